The number of nitro benzene ring substituents is 1. The van der Waals surface area contributed by atoms with E-state index < -0.39 is 40.7 Å². The Balaban J connectivity index is 3.25. The van der Waals surface area contributed by atoms with Gasteiger partial charge in [0.1, 0.15) is 17.6 Å². The number of nitriles is 1. The zero-order valence-corrected chi connectivity index (χ0v) is 9.08. The van der Waals surface area contributed by atoms with Crippen LogP contribution in [0.3, 0.4) is 0 Å². The fourth-order valence-electron chi connectivity index (χ4n) is 1.43. The molecule has 0 saturated heterocycles. The van der Waals surface area contributed by atoms with Gasteiger partial charge in [-0.25, -0.2) is 4.39 Å². The number of nitro groups is 1. The van der Waals surface area contributed by atoms with Crippen molar-refractivity contribution in [1.82, 2.24) is 0 Å². The Hall–Kier alpha value is -2.24. The number of halogens is 1. The summed E-state index contributed by atoms with van der Waals surface area (Å²) >= 11 is 0. The van der Waals surface area contributed by atoms with E-state index in [0.29, 0.717) is 6.07 Å². The fourth-order valence-corrected chi connectivity index (χ4v) is 1.43. The number of aliphatic hydroxyl groups excluding tert-OH is 2. The van der Waals surface area contributed by atoms with Crippen LogP contribution < -0.4 is 5.73 Å². The van der Waals surface area contributed by atoms with Gasteiger partial charge < -0.3 is 15.9 Å². The van der Waals surface area contributed by atoms with Crippen LogP contribution in [-0.2, 0) is 0 Å². The van der Waals surface area contributed by atoms with Crippen molar-refractivity contribution in [2.75, 3.05) is 5.73 Å². The highest BCUT2D eigenvalue weighted by atomic mass is 19.1. The third-order valence-electron chi connectivity index (χ3n) is 2.34. The van der Waals surface area contributed by atoms with Gasteiger partial charge in [-0.15, -0.1) is 0 Å². The summed E-state index contributed by atoms with van der Waals surface area (Å²) in [5.41, 5.74) is 3.97. The highest BCUT2D eigenvalue weighted by molar-refractivity contribution is 5.64. The highest BCUT2D eigenvalue weighted by Crippen LogP contribution is 2.32. The molecule has 0 aromatic heterocycles. The molecule has 0 bridgehead atoms. The predicted octanol–water partition coefficient (Wildman–Crippen LogP) is 0.624. The minimum Gasteiger partial charge on any atom is -0.393 e. The first-order valence-corrected chi connectivity index (χ1v) is 4.84. The molecule has 96 valence electrons. The van der Waals surface area contributed by atoms with E-state index in [4.69, 9.17) is 11.0 Å². The third kappa shape index (κ3) is 2.71. The molecular weight excluding hydrogens is 245 g/mol. The Morgan fingerprint density at radius 3 is 2.67 bits per heavy atom. The van der Waals surface area contributed by atoms with Crippen LogP contribution in [0.15, 0.2) is 12.1 Å². The Morgan fingerprint density at radius 1 is 1.56 bits per heavy atom. The summed E-state index contributed by atoms with van der Waals surface area (Å²) in [7, 11) is 0. The van der Waals surface area contributed by atoms with E-state index in [1.54, 1.807) is 6.07 Å². The van der Waals surface area contributed by atoms with Gasteiger partial charge in [0.15, 0.2) is 0 Å². The van der Waals surface area contributed by atoms with Gasteiger partial charge in [0, 0.05) is 5.56 Å². The van der Waals surface area contributed by atoms with Crippen LogP contribution in [0.2, 0.25) is 0 Å². The SMILES string of the molecule is N#CCC(O)C(O)c1cc(F)cc([N+](=O)[O-])c1N. The molecule has 0 saturated carbocycles. The number of benzene rings is 1. The van der Waals surface area contributed by atoms with Crippen molar-refractivity contribution in [2.24, 2.45) is 0 Å². The van der Waals surface area contributed by atoms with Gasteiger partial charge >= 0.3 is 0 Å². The Kier molecular flexibility index (Phi) is 4.14. The average Bonchev–Trinajstić information content (AvgIpc) is 2.30. The van der Waals surface area contributed by atoms with Crippen LogP contribution in [0.1, 0.15) is 18.1 Å². The van der Waals surface area contributed by atoms with E-state index in [-0.39, 0.29) is 5.56 Å². The molecule has 1 rings (SSSR count). The maximum atomic E-state index is 13.2. The zero-order valence-electron chi connectivity index (χ0n) is 9.08. The van der Waals surface area contributed by atoms with Crippen LogP contribution in [0.25, 0.3) is 0 Å². The molecule has 0 aliphatic carbocycles. The smallest absolute Gasteiger partial charge is 0.295 e. The van der Waals surface area contributed by atoms with Gasteiger partial charge in [-0.05, 0) is 6.07 Å². The number of anilines is 1. The monoisotopic (exact) mass is 255 g/mol. The quantitative estimate of drug-likeness (QED) is 0.410. The summed E-state index contributed by atoms with van der Waals surface area (Å²) in [4.78, 5) is 9.71. The molecule has 0 radical (unpaired) electrons. The molecule has 0 heterocycles. The minimum atomic E-state index is -1.67. The van der Waals surface area contributed by atoms with Gasteiger partial charge in [-0.2, -0.15) is 5.26 Å². The van der Waals surface area contributed by atoms with Crippen LogP contribution >= 0.6 is 0 Å². The van der Waals surface area contributed by atoms with Crippen LogP contribution in [0.4, 0.5) is 15.8 Å². The second-order valence-electron chi connectivity index (χ2n) is 3.56. The van der Waals surface area contributed by atoms with Crippen LogP contribution in [0, 0.1) is 27.3 Å². The van der Waals surface area contributed by atoms with Crippen molar-refractivity contribution in [3.63, 3.8) is 0 Å². The van der Waals surface area contributed by atoms with Crippen molar-refractivity contribution < 1.29 is 19.5 Å². The van der Waals surface area contributed by atoms with Gasteiger partial charge in [0.25, 0.3) is 5.69 Å². The number of rotatable bonds is 4. The minimum absolute atomic E-state index is 0.315. The van der Waals surface area contributed by atoms with Crippen molar-refractivity contribution >= 4 is 11.4 Å². The summed E-state index contributed by atoms with van der Waals surface area (Å²) in [5.74, 6) is -0.964. The van der Waals surface area contributed by atoms with Gasteiger partial charge in [-0.1, -0.05) is 0 Å². The van der Waals surface area contributed by atoms with E-state index in [1.807, 2.05) is 0 Å². The van der Waals surface area contributed by atoms with E-state index in [2.05, 4.69) is 0 Å². The molecule has 0 fully saturated rings. The molecule has 0 spiro atoms. The zero-order chi connectivity index (χ0) is 13.9. The largest absolute Gasteiger partial charge is 0.393 e. The molecule has 4 N–H and O–H groups in total. The van der Waals surface area contributed by atoms with Crippen LogP contribution in [-0.4, -0.2) is 21.2 Å². The lowest BCUT2D eigenvalue weighted by Crippen LogP contribution is -2.19. The summed E-state index contributed by atoms with van der Waals surface area (Å²) < 4.78 is 13.2. The molecule has 2 atom stereocenters. The standard InChI is InChI=1S/C10H10FN3O4/c11-5-3-6(10(16)8(15)1-2-12)9(13)7(4-5)14(17)18/h3-4,8,10,15-16H,1,13H2. The summed E-state index contributed by atoms with van der Waals surface area (Å²) in [6.45, 7) is 0. The Morgan fingerprint density at radius 2 is 2.17 bits per heavy atom. The van der Waals surface area contributed by atoms with Crippen LogP contribution in [0.5, 0.6) is 0 Å². The third-order valence-corrected chi connectivity index (χ3v) is 2.34. The molecular formula is C10H10FN3O4. The first kappa shape index (κ1) is 13.8. The van der Waals surface area contributed by atoms with E-state index in [0.717, 1.165) is 6.07 Å². The summed E-state index contributed by atoms with van der Waals surface area (Å²) in [6.07, 6.45) is -3.58. The summed E-state index contributed by atoms with van der Waals surface area (Å²) in [6, 6.07) is 3.01. The molecule has 1 aromatic rings. The number of nitrogen functional groups attached to an aromatic ring is 1. The molecule has 2 unspecified atom stereocenters. The Labute approximate surface area is 101 Å². The Bertz CT molecular complexity index is 515. The number of aliphatic hydroxyl groups is 2. The first-order valence-electron chi connectivity index (χ1n) is 4.84. The molecule has 0 aliphatic rings. The first-order chi connectivity index (χ1) is 8.38. The maximum absolute atomic E-state index is 13.2. The normalized spacial score (nSPS) is 13.7. The van der Waals surface area contributed by atoms with Crippen molar-refractivity contribution in [3.8, 4) is 6.07 Å². The predicted molar refractivity (Wildman–Crippen MR) is 58.7 cm³/mol. The molecule has 8 heteroatoms. The average molecular weight is 255 g/mol. The summed E-state index contributed by atoms with van der Waals surface area (Å²) in [5, 5.41) is 38.0. The van der Waals surface area contributed by atoms with Crippen molar-refractivity contribution in [3.05, 3.63) is 33.6 Å². The molecule has 0 aliphatic heterocycles. The maximum Gasteiger partial charge on any atom is 0.295 e. The number of nitrogens with zero attached hydrogens (tertiary/aromatic N) is 2. The fraction of sp³-hybridized carbons (Fsp3) is 0.300. The van der Waals surface area contributed by atoms with Gasteiger partial charge in [0.2, 0.25) is 0 Å². The highest BCUT2D eigenvalue weighted by Gasteiger charge is 2.26. The van der Waals surface area contributed by atoms with Gasteiger partial charge in [-0.3, -0.25) is 10.1 Å². The number of hydrogen-bond acceptors (Lipinski definition) is 6. The van der Waals surface area contributed by atoms with E-state index in [1.165, 1.54) is 0 Å². The lowest BCUT2D eigenvalue weighted by Gasteiger charge is -2.17. The molecule has 0 amide bonds. The second kappa shape index (κ2) is 5.39. The topological polar surface area (TPSA) is 133 Å². The lowest BCUT2D eigenvalue weighted by atomic mass is 10.00. The van der Waals surface area contributed by atoms with Crippen molar-refractivity contribution in [2.45, 2.75) is 18.6 Å². The molecule has 18 heavy (non-hydrogen) atoms. The number of hydrogen-bond donors (Lipinski definition) is 3. The lowest BCUT2D eigenvalue weighted by molar-refractivity contribution is -0.384. The number of nitrogens with two attached hydrogens (primary N) is 1. The molecule has 7 nitrogen and oxygen atoms in total. The van der Waals surface area contributed by atoms with E-state index >= 15 is 0 Å². The van der Waals surface area contributed by atoms with E-state index in [9.17, 15) is 24.7 Å². The second-order valence-corrected chi connectivity index (χ2v) is 3.56. The van der Waals surface area contributed by atoms with Crippen molar-refractivity contribution in [1.29, 1.82) is 5.26 Å². The van der Waals surface area contributed by atoms with Gasteiger partial charge in [0.05, 0.1) is 29.6 Å². The molecule has 1 aromatic carbocycles.